The zero-order chi connectivity index (χ0) is 17.0. The Kier molecular flexibility index (Phi) is 4.95. The minimum atomic E-state index is -0.852. The SMILES string of the molecule is CCN1CCN(C(=O)c2ccccc2NCC([NH])=O)C(=O)C1=O. The Hall–Kier alpha value is -2.90. The summed E-state index contributed by atoms with van der Waals surface area (Å²) >= 11 is 0. The average molecular weight is 317 g/mol. The van der Waals surface area contributed by atoms with Gasteiger partial charge >= 0.3 is 11.8 Å². The molecule has 1 saturated heterocycles. The van der Waals surface area contributed by atoms with Gasteiger partial charge in [0.1, 0.15) is 0 Å². The van der Waals surface area contributed by atoms with Crippen molar-refractivity contribution in [3.63, 3.8) is 0 Å². The Bertz CT molecular complexity index is 659. The maximum atomic E-state index is 12.6. The number of nitrogens with one attached hydrogen (secondary N) is 2. The van der Waals surface area contributed by atoms with Crippen LogP contribution in [0.25, 0.3) is 0 Å². The summed E-state index contributed by atoms with van der Waals surface area (Å²) in [5.41, 5.74) is 7.43. The molecule has 1 aromatic rings. The van der Waals surface area contributed by atoms with E-state index in [0.29, 0.717) is 18.8 Å². The zero-order valence-corrected chi connectivity index (χ0v) is 12.7. The third-order valence-electron chi connectivity index (χ3n) is 3.53. The Labute approximate surface area is 133 Å². The number of benzene rings is 1. The first-order chi connectivity index (χ1) is 11.0. The van der Waals surface area contributed by atoms with Crippen molar-refractivity contribution in [1.82, 2.24) is 15.5 Å². The van der Waals surface area contributed by atoms with E-state index >= 15 is 0 Å². The van der Waals surface area contributed by atoms with Crippen molar-refractivity contribution in [2.75, 3.05) is 31.5 Å². The molecule has 4 amide bonds. The highest BCUT2D eigenvalue weighted by molar-refractivity contribution is 6.39. The minimum Gasteiger partial charge on any atom is -0.375 e. The first-order valence-corrected chi connectivity index (χ1v) is 7.18. The molecule has 1 heterocycles. The van der Waals surface area contributed by atoms with Gasteiger partial charge in [-0.15, -0.1) is 0 Å². The van der Waals surface area contributed by atoms with E-state index in [9.17, 15) is 19.2 Å². The largest absolute Gasteiger partial charge is 0.375 e. The fraction of sp³-hybridized carbons (Fsp3) is 0.333. The van der Waals surface area contributed by atoms with Gasteiger partial charge in [-0.1, -0.05) is 12.1 Å². The van der Waals surface area contributed by atoms with E-state index < -0.39 is 23.6 Å². The molecule has 1 aromatic carbocycles. The zero-order valence-electron chi connectivity index (χ0n) is 12.7. The predicted octanol–water partition coefficient (Wildman–Crippen LogP) is -0.261. The second kappa shape index (κ2) is 6.91. The van der Waals surface area contributed by atoms with Crippen LogP contribution in [0.3, 0.4) is 0 Å². The van der Waals surface area contributed by atoms with Crippen LogP contribution in [0, 0.1) is 0 Å². The Balaban J connectivity index is 2.22. The number of anilines is 1. The van der Waals surface area contributed by atoms with Crippen LogP contribution in [0.1, 0.15) is 17.3 Å². The number of amides is 4. The van der Waals surface area contributed by atoms with Crippen LogP contribution < -0.4 is 11.1 Å². The van der Waals surface area contributed by atoms with Crippen LogP contribution in [0.4, 0.5) is 5.69 Å². The predicted molar refractivity (Wildman–Crippen MR) is 81.3 cm³/mol. The van der Waals surface area contributed by atoms with E-state index in [-0.39, 0.29) is 18.7 Å². The van der Waals surface area contributed by atoms with E-state index in [1.807, 2.05) is 0 Å². The van der Waals surface area contributed by atoms with Gasteiger partial charge in [0.2, 0.25) is 0 Å². The summed E-state index contributed by atoms with van der Waals surface area (Å²) in [6.07, 6.45) is 0. The summed E-state index contributed by atoms with van der Waals surface area (Å²) in [4.78, 5) is 49.6. The highest BCUT2D eigenvalue weighted by Gasteiger charge is 2.36. The quantitative estimate of drug-likeness (QED) is 0.594. The van der Waals surface area contributed by atoms with Crippen LogP contribution in [-0.4, -0.2) is 59.6 Å². The van der Waals surface area contributed by atoms with Gasteiger partial charge in [0.05, 0.1) is 12.1 Å². The molecule has 0 saturated carbocycles. The molecule has 0 unspecified atom stereocenters. The number of hydrogen-bond donors (Lipinski definition) is 1. The van der Waals surface area contributed by atoms with Gasteiger partial charge in [-0.2, -0.15) is 0 Å². The molecule has 0 spiro atoms. The summed E-state index contributed by atoms with van der Waals surface area (Å²) in [6.45, 7) is 2.35. The number of carbonyl (C=O) groups excluding carboxylic acids is 4. The lowest BCUT2D eigenvalue weighted by molar-refractivity contribution is -0.153. The number of piperazine rings is 1. The van der Waals surface area contributed by atoms with Gasteiger partial charge in [-0.3, -0.25) is 29.8 Å². The number of carbonyl (C=O) groups is 4. The lowest BCUT2D eigenvalue weighted by Gasteiger charge is -2.32. The molecular formula is C15H17N4O4. The number of nitrogens with zero attached hydrogens (tertiary/aromatic N) is 2. The molecule has 1 fully saturated rings. The lowest BCUT2D eigenvalue weighted by atomic mass is 10.1. The van der Waals surface area contributed by atoms with Crippen LogP contribution in [0.5, 0.6) is 0 Å². The summed E-state index contributed by atoms with van der Waals surface area (Å²) in [5.74, 6) is -2.97. The number of hydrogen-bond acceptors (Lipinski definition) is 5. The molecule has 121 valence electrons. The smallest absolute Gasteiger partial charge is 0.319 e. The van der Waals surface area contributed by atoms with E-state index in [1.54, 1.807) is 25.1 Å². The second-order valence-corrected chi connectivity index (χ2v) is 4.97. The minimum absolute atomic E-state index is 0.128. The van der Waals surface area contributed by atoms with E-state index in [4.69, 9.17) is 5.73 Å². The number of likely N-dealkylation sites (N-methyl/N-ethyl adjacent to an activating group) is 1. The molecule has 1 aliphatic rings. The molecule has 0 aromatic heterocycles. The summed E-state index contributed by atoms with van der Waals surface area (Å²) in [6, 6.07) is 6.36. The van der Waals surface area contributed by atoms with Crippen molar-refractivity contribution in [3.05, 3.63) is 29.8 Å². The average Bonchev–Trinajstić information content (AvgIpc) is 2.55. The summed E-state index contributed by atoms with van der Waals surface area (Å²) in [7, 11) is 0. The van der Waals surface area contributed by atoms with E-state index in [0.717, 1.165) is 4.90 Å². The van der Waals surface area contributed by atoms with Crippen molar-refractivity contribution < 1.29 is 19.2 Å². The Morgan fingerprint density at radius 2 is 1.87 bits per heavy atom. The fourth-order valence-electron chi connectivity index (χ4n) is 2.31. The van der Waals surface area contributed by atoms with Gasteiger partial charge in [0.15, 0.2) is 0 Å². The molecule has 1 aliphatic heterocycles. The van der Waals surface area contributed by atoms with Crippen molar-refractivity contribution in [1.29, 1.82) is 0 Å². The van der Waals surface area contributed by atoms with Crippen LogP contribution in [0.2, 0.25) is 0 Å². The molecular weight excluding hydrogens is 300 g/mol. The topological polar surface area (TPSA) is 111 Å². The summed E-state index contributed by atoms with van der Waals surface area (Å²) < 4.78 is 0. The van der Waals surface area contributed by atoms with Crippen molar-refractivity contribution >= 4 is 29.3 Å². The number of imide groups is 1. The Morgan fingerprint density at radius 3 is 2.52 bits per heavy atom. The molecule has 0 aliphatic carbocycles. The highest BCUT2D eigenvalue weighted by atomic mass is 16.2. The second-order valence-electron chi connectivity index (χ2n) is 4.97. The fourth-order valence-corrected chi connectivity index (χ4v) is 2.31. The standard InChI is InChI=1S/C15H17N4O4/c1-2-18-7-8-19(15(23)14(18)22)13(21)10-5-3-4-6-11(10)17-9-12(16)20/h3-6,16-17H,2,7-9H2,1H3. The van der Waals surface area contributed by atoms with Crippen LogP contribution >= 0.6 is 0 Å². The first kappa shape index (κ1) is 16.5. The molecule has 0 bridgehead atoms. The third kappa shape index (κ3) is 3.47. The van der Waals surface area contributed by atoms with E-state index in [1.165, 1.54) is 11.0 Å². The molecule has 23 heavy (non-hydrogen) atoms. The maximum Gasteiger partial charge on any atom is 0.319 e. The first-order valence-electron chi connectivity index (χ1n) is 7.18. The Morgan fingerprint density at radius 1 is 1.17 bits per heavy atom. The monoisotopic (exact) mass is 317 g/mol. The van der Waals surface area contributed by atoms with Gasteiger partial charge in [0, 0.05) is 25.3 Å². The maximum absolute atomic E-state index is 12.6. The van der Waals surface area contributed by atoms with Crippen molar-refractivity contribution in [2.45, 2.75) is 6.92 Å². The lowest BCUT2D eigenvalue weighted by Crippen LogP contribution is -2.56. The van der Waals surface area contributed by atoms with Crippen LogP contribution in [0.15, 0.2) is 24.3 Å². The molecule has 8 heteroatoms. The highest BCUT2D eigenvalue weighted by Crippen LogP contribution is 2.19. The number of para-hydroxylation sites is 1. The molecule has 2 N–H and O–H groups in total. The van der Waals surface area contributed by atoms with Crippen molar-refractivity contribution in [2.24, 2.45) is 0 Å². The summed E-state index contributed by atoms with van der Waals surface area (Å²) in [5, 5.41) is 2.69. The molecule has 8 nitrogen and oxygen atoms in total. The van der Waals surface area contributed by atoms with Crippen molar-refractivity contribution in [3.8, 4) is 0 Å². The van der Waals surface area contributed by atoms with Gasteiger partial charge in [-0.05, 0) is 19.1 Å². The van der Waals surface area contributed by atoms with Gasteiger partial charge in [0.25, 0.3) is 11.8 Å². The number of rotatable bonds is 5. The van der Waals surface area contributed by atoms with E-state index in [2.05, 4.69) is 5.32 Å². The molecule has 2 rings (SSSR count). The van der Waals surface area contributed by atoms with Gasteiger partial charge < -0.3 is 10.2 Å². The third-order valence-corrected chi connectivity index (χ3v) is 3.53. The van der Waals surface area contributed by atoms with Crippen LogP contribution in [-0.2, 0) is 14.4 Å². The van der Waals surface area contributed by atoms with Gasteiger partial charge in [-0.25, -0.2) is 0 Å². The molecule has 1 radical (unpaired) electrons. The molecule has 0 atom stereocenters. The normalized spacial score (nSPS) is 14.8.